The van der Waals surface area contributed by atoms with E-state index in [1.807, 2.05) is 26.0 Å². The largest absolute Gasteiger partial charge is 0.480 e. The quantitative estimate of drug-likeness (QED) is 0.713. The predicted molar refractivity (Wildman–Crippen MR) is 98.4 cm³/mol. The summed E-state index contributed by atoms with van der Waals surface area (Å²) >= 11 is 0. The molecule has 2 N–H and O–H groups in total. The second-order valence-electron chi connectivity index (χ2n) is 7.63. The van der Waals surface area contributed by atoms with Gasteiger partial charge >= 0.3 is 5.97 Å². The highest BCUT2D eigenvalue weighted by molar-refractivity contribution is 5.77. The Morgan fingerprint density at radius 1 is 1.36 bits per heavy atom. The zero-order chi connectivity index (χ0) is 17.8. The molecule has 0 aromatic carbocycles. The van der Waals surface area contributed by atoms with Gasteiger partial charge in [0.15, 0.2) is 0 Å². The molecule has 1 atom stereocenters. The molecular weight excluding hydrogens is 318 g/mol. The molecule has 25 heavy (non-hydrogen) atoms. The van der Waals surface area contributed by atoms with E-state index in [4.69, 9.17) is 4.74 Å². The molecule has 0 amide bonds. The standard InChI is InChI=1S/C19H29N3O3/c1-13(2)11-15(19(23)24)20-17-8-7-16(22-9-3-4-10-22)18(21-17)25-12-14-5-6-14/h7-8,13-15H,3-6,9-12H2,1-2H3,(H,20,21)(H,23,24). The number of carbonyl (C=O) groups is 1. The van der Waals surface area contributed by atoms with E-state index in [-0.39, 0.29) is 0 Å². The van der Waals surface area contributed by atoms with Crippen molar-refractivity contribution in [3.05, 3.63) is 12.1 Å². The molecule has 1 aliphatic carbocycles. The highest BCUT2D eigenvalue weighted by atomic mass is 16.5. The molecule has 1 unspecified atom stereocenters. The first-order chi connectivity index (χ1) is 12.0. The summed E-state index contributed by atoms with van der Waals surface area (Å²) in [6.45, 7) is 6.79. The van der Waals surface area contributed by atoms with Crippen molar-refractivity contribution in [1.82, 2.24) is 4.98 Å². The van der Waals surface area contributed by atoms with Crippen LogP contribution in [0.2, 0.25) is 0 Å². The summed E-state index contributed by atoms with van der Waals surface area (Å²) < 4.78 is 6.00. The Kier molecular flexibility index (Phi) is 5.66. The lowest BCUT2D eigenvalue weighted by molar-refractivity contribution is -0.138. The summed E-state index contributed by atoms with van der Waals surface area (Å²) in [4.78, 5) is 18.4. The molecule has 2 heterocycles. The SMILES string of the molecule is CC(C)CC(Nc1ccc(N2CCCC2)c(OCC2CC2)n1)C(=O)O. The summed E-state index contributed by atoms with van der Waals surface area (Å²) in [6, 6.07) is 3.24. The highest BCUT2D eigenvalue weighted by Crippen LogP contribution is 2.34. The van der Waals surface area contributed by atoms with Crippen LogP contribution in [0.3, 0.4) is 0 Å². The molecule has 0 bridgehead atoms. The van der Waals surface area contributed by atoms with Gasteiger partial charge in [-0.3, -0.25) is 0 Å². The number of nitrogens with one attached hydrogen (secondary N) is 1. The van der Waals surface area contributed by atoms with Gasteiger partial charge in [-0.05, 0) is 56.1 Å². The fraction of sp³-hybridized carbons (Fsp3) is 0.684. The minimum atomic E-state index is -0.848. The second kappa shape index (κ2) is 7.93. The summed E-state index contributed by atoms with van der Waals surface area (Å²) in [6.07, 6.45) is 5.40. The molecule has 1 aromatic rings. The average Bonchev–Trinajstić information content (AvgIpc) is 3.24. The van der Waals surface area contributed by atoms with Crippen molar-refractivity contribution in [2.24, 2.45) is 11.8 Å². The molecule has 2 fully saturated rings. The van der Waals surface area contributed by atoms with Gasteiger partial charge in [0, 0.05) is 13.1 Å². The molecule has 0 spiro atoms. The number of nitrogens with zero attached hydrogens (tertiary/aromatic N) is 2. The van der Waals surface area contributed by atoms with Crippen LogP contribution in [0.15, 0.2) is 12.1 Å². The number of pyridine rings is 1. The Morgan fingerprint density at radius 3 is 2.68 bits per heavy atom. The topological polar surface area (TPSA) is 74.7 Å². The predicted octanol–water partition coefficient (Wildman–Crippen LogP) is 3.38. The molecule has 1 saturated carbocycles. The molecule has 1 aromatic heterocycles. The van der Waals surface area contributed by atoms with Gasteiger partial charge in [0.2, 0.25) is 5.88 Å². The van der Waals surface area contributed by atoms with E-state index in [0.29, 0.717) is 36.6 Å². The van der Waals surface area contributed by atoms with E-state index in [1.165, 1.54) is 25.7 Å². The number of anilines is 2. The number of carboxylic acid groups (broad SMARTS) is 1. The molecular formula is C19H29N3O3. The number of aliphatic carboxylic acids is 1. The number of ether oxygens (including phenoxy) is 1. The lowest BCUT2D eigenvalue weighted by Gasteiger charge is -2.22. The zero-order valence-corrected chi connectivity index (χ0v) is 15.2. The van der Waals surface area contributed by atoms with Crippen LogP contribution < -0.4 is 15.0 Å². The molecule has 1 saturated heterocycles. The van der Waals surface area contributed by atoms with E-state index >= 15 is 0 Å². The van der Waals surface area contributed by atoms with Crippen LogP contribution >= 0.6 is 0 Å². The van der Waals surface area contributed by atoms with E-state index in [2.05, 4.69) is 15.2 Å². The van der Waals surface area contributed by atoms with Crippen molar-refractivity contribution in [1.29, 1.82) is 0 Å². The average molecular weight is 347 g/mol. The zero-order valence-electron chi connectivity index (χ0n) is 15.2. The lowest BCUT2D eigenvalue weighted by Crippen LogP contribution is -2.31. The summed E-state index contributed by atoms with van der Waals surface area (Å²) in [5.74, 6) is 1.30. The Balaban J connectivity index is 1.76. The Morgan fingerprint density at radius 2 is 2.08 bits per heavy atom. The maximum absolute atomic E-state index is 11.5. The minimum absolute atomic E-state index is 0.295. The van der Waals surface area contributed by atoms with Crippen molar-refractivity contribution in [3.8, 4) is 5.88 Å². The van der Waals surface area contributed by atoms with Crippen molar-refractivity contribution in [2.45, 2.75) is 52.0 Å². The van der Waals surface area contributed by atoms with Crippen LogP contribution in [-0.4, -0.2) is 41.8 Å². The molecule has 2 aliphatic rings. The van der Waals surface area contributed by atoms with Crippen molar-refractivity contribution >= 4 is 17.5 Å². The number of hydrogen-bond acceptors (Lipinski definition) is 5. The summed E-state index contributed by atoms with van der Waals surface area (Å²) in [5.41, 5.74) is 1.03. The van der Waals surface area contributed by atoms with Crippen molar-refractivity contribution in [2.75, 3.05) is 29.9 Å². The third-order valence-electron chi connectivity index (χ3n) is 4.77. The first-order valence-electron chi connectivity index (χ1n) is 9.41. The van der Waals surface area contributed by atoms with Crippen molar-refractivity contribution in [3.63, 3.8) is 0 Å². The van der Waals surface area contributed by atoms with Crippen LogP contribution in [0.1, 0.15) is 46.0 Å². The second-order valence-corrected chi connectivity index (χ2v) is 7.63. The van der Waals surface area contributed by atoms with Gasteiger partial charge in [0.1, 0.15) is 17.5 Å². The first kappa shape index (κ1) is 17.8. The van der Waals surface area contributed by atoms with Crippen LogP contribution in [0.4, 0.5) is 11.5 Å². The molecule has 6 nitrogen and oxygen atoms in total. The smallest absolute Gasteiger partial charge is 0.326 e. The monoisotopic (exact) mass is 347 g/mol. The van der Waals surface area contributed by atoms with Crippen LogP contribution in [-0.2, 0) is 4.79 Å². The van der Waals surface area contributed by atoms with E-state index in [1.54, 1.807) is 0 Å². The van der Waals surface area contributed by atoms with Crippen LogP contribution in [0, 0.1) is 11.8 Å². The Hall–Kier alpha value is -1.98. The Labute approximate surface area is 149 Å². The number of hydrogen-bond donors (Lipinski definition) is 2. The van der Waals surface area contributed by atoms with Gasteiger partial charge in [-0.15, -0.1) is 0 Å². The van der Waals surface area contributed by atoms with E-state index in [9.17, 15) is 9.90 Å². The minimum Gasteiger partial charge on any atom is -0.480 e. The fourth-order valence-corrected chi connectivity index (χ4v) is 3.17. The lowest BCUT2D eigenvalue weighted by atomic mass is 10.0. The molecule has 0 radical (unpaired) electrons. The maximum Gasteiger partial charge on any atom is 0.326 e. The molecule has 6 heteroatoms. The van der Waals surface area contributed by atoms with Crippen molar-refractivity contribution < 1.29 is 14.6 Å². The normalized spacial score (nSPS) is 18.4. The van der Waals surface area contributed by atoms with Gasteiger partial charge < -0.3 is 20.1 Å². The summed E-state index contributed by atoms with van der Waals surface area (Å²) in [5, 5.41) is 12.5. The van der Waals surface area contributed by atoms with Gasteiger partial charge in [-0.25, -0.2) is 4.79 Å². The third kappa shape index (κ3) is 5.00. The van der Waals surface area contributed by atoms with Crippen LogP contribution in [0.25, 0.3) is 0 Å². The molecule has 138 valence electrons. The molecule has 3 rings (SSSR count). The van der Waals surface area contributed by atoms with E-state index in [0.717, 1.165) is 18.8 Å². The maximum atomic E-state index is 11.5. The van der Waals surface area contributed by atoms with Gasteiger partial charge in [0.05, 0.1) is 6.61 Å². The van der Waals surface area contributed by atoms with E-state index < -0.39 is 12.0 Å². The number of carboxylic acids is 1. The summed E-state index contributed by atoms with van der Waals surface area (Å²) in [7, 11) is 0. The van der Waals surface area contributed by atoms with Gasteiger partial charge in [-0.2, -0.15) is 4.98 Å². The van der Waals surface area contributed by atoms with Gasteiger partial charge in [0.25, 0.3) is 0 Å². The Bertz CT molecular complexity index is 596. The highest BCUT2D eigenvalue weighted by Gasteiger charge is 2.25. The number of aromatic nitrogens is 1. The third-order valence-corrected chi connectivity index (χ3v) is 4.77. The first-order valence-corrected chi connectivity index (χ1v) is 9.41. The van der Waals surface area contributed by atoms with Gasteiger partial charge in [-0.1, -0.05) is 13.8 Å². The van der Waals surface area contributed by atoms with Crippen LogP contribution in [0.5, 0.6) is 5.88 Å². The fourth-order valence-electron chi connectivity index (χ4n) is 3.17. The number of rotatable bonds is 9. The molecule has 1 aliphatic heterocycles.